The molecule has 0 atom stereocenters. The lowest BCUT2D eigenvalue weighted by molar-refractivity contribution is 0.311. The van der Waals surface area contributed by atoms with Gasteiger partial charge in [-0.1, -0.05) is 13.8 Å². The topological polar surface area (TPSA) is 67.8 Å². The number of ether oxygens (including phenoxy) is 2. The van der Waals surface area contributed by atoms with Crippen molar-refractivity contribution in [1.82, 2.24) is 10.3 Å². The average molecular weight is 362 g/mol. The second-order valence-corrected chi connectivity index (χ2v) is 6.57. The van der Waals surface area contributed by atoms with Gasteiger partial charge in [-0.15, -0.1) is 11.3 Å². The standard InChI is InChI=1S/C18H26N4O2S/c1-6-24-15-8-7-13(9-16(15)23-5)22-18(19-4)20-10-14-11-25-17(21-14)12(2)3/h7-9,11-12H,6,10H2,1-5H3,(H2,19,20,22). The van der Waals surface area contributed by atoms with Crippen molar-refractivity contribution in [2.45, 2.75) is 33.2 Å². The molecule has 0 fully saturated rings. The van der Waals surface area contributed by atoms with Crippen molar-refractivity contribution in [2.24, 2.45) is 4.99 Å². The van der Waals surface area contributed by atoms with E-state index in [9.17, 15) is 0 Å². The summed E-state index contributed by atoms with van der Waals surface area (Å²) < 4.78 is 10.9. The van der Waals surface area contributed by atoms with Crippen molar-refractivity contribution in [1.29, 1.82) is 0 Å². The molecule has 0 saturated heterocycles. The molecule has 0 aliphatic carbocycles. The zero-order valence-corrected chi connectivity index (χ0v) is 16.2. The van der Waals surface area contributed by atoms with Gasteiger partial charge in [0.2, 0.25) is 0 Å². The molecule has 0 spiro atoms. The lowest BCUT2D eigenvalue weighted by Crippen LogP contribution is -2.30. The Kier molecular flexibility index (Phi) is 7.06. The first-order chi connectivity index (χ1) is 12.1. The molecular formula is C18H26N4O2S. The van der Waals surface area contributed by atoms with Crippen LogP contribution in [0.4, 0.5) is 5.69 Å². The van der Waals surface area contributed by atoms with Gasteiger partial charge in [0.15, 0.2) is 17.5 Å². The second-order valence-electron chi connectivity index (χ2n) is 5.68. The Labute approximate surface area is 153 Å². The molecule has 25 heavy (non-hydrogen) atoms. The van der Waals surface area contributed by atoms with E-state index < -0.39 is 0 Å². The summed E-state index contributed by atoms with van der Waals surface area (Å²) in [6.07, 6.45) is 0. The van der Waals surface area contributed by atoms with Crippen molar-refractivity contribution in [3.63, 3.8) is 0 Å². The molecule has 6 nitrogen and oxygen atoms in total. The first kappa shape index (κ1) is 19.1. The van der Waals surface area contributed by atoms with E-state index in [1.165, 1.54) is 0 Å². The Bertz CT molecular complexity index is 713. The fourth-order valence-electron chi connectivity index (χ4n) is 2.18. The SMILES string of the molecule is CCOc1ccc(NC(=NC)NCc2csc(C(C)C)n2)cc1OC. The fourth-order valence-corrected chi connectivity index (χ4v) is 3.01. The largest absolute Gasteiger partial charge is 0.493 e. The predicted molar refractivity (Wildman–Crippen MR) is 104 cm³/mol. The minimum atomic E-state index is 0.451. The average Bonchev–Trinajstić information content (AvgIpc) is 3.09. The van der Waals surface area contributed by atoms with Crippen LogP contribution >= 0.6 is 11.3 Å². The van der Waals surface area contributed by atoms with Crippen LogP contribution in [0, 0.1) is 0 Å². The number of methoxy groups -OCH3 is 1. The molecule has 0 radical (unpaired) electrons. The third-order valence-corrected chi connectivity index (χ3v) is 4.64. The summed E-state index contributed by atoms with van der Waals surface area (Å²) in [5, 5.41) is 9.75. The Morgan fingerprint density at radius 2 is 2.12 bits per heavy atom. The summed E-state index contributed by atoms with van der Waals surface area (Å²) >= 11 is 1.69. The monoisotopic (exact) mass is 362 g/mol. The Morgan fingerprint density at radius 3 is 2.72 bits per heavy atom. The lowest BCUT2D eigenvalue weighted by Gasteiger charge is -2.14. The van der Waals surface area contributed by atoms with Crippen molar-refractivity contribution < 1.29 is 9.47 Å². The smallest absolute Gasteiger partial charge is 0.195 e. The second kappa shape index (κ2) is 9.27. The number of anilines is 1. The molecule has 1 aromatic heterocycles. The van der Waals surface area contributed by atoms with Gasteiger partial charge in [-0.2, -0.15) is 0 Å². The van der Waals surface area contributed by atoms with Gasteiger partial charge in [0.05, 0.1) is 31.0 Å². The van der Waals surface area contributed by atoms with Crippen molar-refractivity contribution in [3.05, 3.63) is 34.3 Å². The van der Waals surface area contributed by atoms with Crippen LogP contribution in [0.25, 0.3) is 0 Å². The minimum absolute atomic E-state index is 0.451. The summed E-state index contributed by atoms with van der Waals surface area (Å²) in [5.41, 5.74) is 1.88. The van der Waals surface area contributed by atoms with E-state index in [0.717, 1.165) is 22.1 Å². The van der Waals surface area contributed by atoms with Crippen LogP contribution in [-0.2, 0) is 6.54 Å². The van der Waals surface area contributed by atoms with E-state index in [2.05, 4.69) is 39.8 Å². The van der Waals surface area contributed by atoms with Crippen LogP contribution in [0.5, 0.6) is 11.5 Å². The molecule has 1 heterocycles. The Balaban J connectivity index is 1.99. The van der Waals surface area contributed by atoms with E-state index in [1.807, 2.05) is 25.1 Å². The summed E-state index contributed by atoms with van der Waals surface area (Å²) in [4.78, 5) is 8.87. The molecule has 0 saturated carbocycles. The van der Waals surface area contributed by atoms with Crippen LogP contribution in [-0.4, -0.2) is 31.7 Å². The quantitative estimate of drug-likeness (QED) is 0.578. The van der Waals surface area contributed by atoms with Gasteiger partial charge >= 0.3 is 0 Å². The number of hydrogen-bond donors (Lipinski definition) is 2. The van der Waals surface area contributed by atoms with Gasteiger partial charge in [-0.3, -0.25) is 4.99 Å². The van der Waals surface area contributed by atoms with Crippen molar-refractivity contribution in [3.8, 4) is 11.5 Å². The molecule has 136 valence electrons. The zero-order valence-electron chi connectivity index (χ0n) is 15.4. The number of nitrogens with zero attached hydrogens (tertiary/aromatic N) is 2. The molecular weight excluding hydrogens is 336 g/mol. The number of hydrogen-bond acceptors (Lipinski definition) is 5. The van der Waals surface area contributed by atoms with E-state index in [1.54, 1.807) is 25.5 Å². The van der Waals surface area contributed by atoms with Gasteiger partial charge in [-0.25, -0.2) is 4.98 Å². The number of guanidine groups is 1. The molecule has 1 aromatic carbocycles. The molecule has 0 aliphatic heterocycles. The van der Waals surface area contributed by atoms with Gasteiger partial charge < -0.3 is 20.1 Å². The number of benzene rings is 1. The molecule has 7 heteroatoms. The number of aliphatic imine (C=N–C) groups is 1. The van der Waals surface area contributed by atoms with Crippen molar-refractivity contribution >= 4 is 23.0 Å². The van der Waals surface area contributed by atoms with Gasteiger partial charge in [-0.05, 0) is 19.1 Å². The first-order valence-corrected chi connectivity index (χ1v) is 9.18. The highest BCUT2D eigenvalue weighted by atomic mass is 32.1. The molecule has 0 bridgehead atoms. The maximum atomic E-state index is 5.54. The van der Waals surface area contributed by atoms with Crippen LogP contribution in [0.3, 0.4) is 0 Å². The number of rotatable bonds is 7. The highest BCUT2D eigenvalue weighted by Gasteiger charge is 2.09. The Hall–Kier alpha value is -2.28. The minimum Gasteiger partial charge on any atom is -0.493 e. The summed E-state index contributed by atoms with van der Waals surface area (Å²) in [7, 11) is 3.37. The summed E-state index contributed by atoms with van der Waals surface area (Å²) in [5.74, 6) is 2.53. The van der Waals surface area contributed by atoms with E-state index >= 15 is 0 Å². The Morgan fingerprint density at radius 1 is 1.32 bits per heavy atom. The fraction of sp³-hybridized carbons (Fsp3) is 0.444. The van der Waals surface area contributed by atoms with Crippen LogP contribution in [0.1, 0.15) is 37.4 Å². The maximum absolute atomic E-state index is 5.54. The molecule has 0 amide bonds. The van der Waals surface area contributed by atoms with Crippen LogP contribution in [0.2, 0.25) is 0 Å². The van der Waals surface area contributed by atoms with E-state index in [0.29, 0.717) is 30.8 Å². The molecule has 2 rings (SSSR count). The lowest BCUT2D eigenvalue weighted by atomic mass is 10.2. The summed E-state index contributed by atoms with van der Waals surface area (Å²) in [6, 6.07) is 5.70. The molecule has 0 aliphatic rings. The molecule has 2 N–H and O–H groups in total. The highest BCUT2D eigenvalue weighted by molar-refractivity contribution is 7.09. The summed E-state index contributed by atoms with van der Waals surface area (Å²) in [6.45, 7) is 7.46. The van der Waals surface area contributed by atoms with E-state index in [4.69, 9.17) is 9.47 Å². The van der Waals surface area contributed by atoms with Crippen molar-refractivity contribution in [2.75, 3.05) is 26.1 Å². The highest BCUT2D eigenvalue weighted by Crippen LogP contribution is 2.30. The van der Waals surface area contributed by atoms with E-state index in [-0.39, 0.29) is 0 Å². The predicted octanol–water partition coefficient (Wildman–Crippen LogP) is 3.86. The third-order valence-electron chi connectivity index (χ3n) is 3.45. The molecule has 0 unspecified atom stereocenters. The normalized spacial score (nSPS) is 11.5. The van der Waals surface area contributed by atoms with Gasteiger partial charge in [0, 0.05) is 30.1 Å². The van der Waals surface area contributed by atoms with Gasteiger partial charge in [0.1, 0.15) is 0 Å². The van der Waals surface area contributed by atoms with Gasteiger partial charge in [0.25, 0.3) is 0 Å². The first-order valence-electron chi connectivity index (χ1n) is 8.30. The van der Waals surface area contributed by atoms with Crippen LogP contribution < -0.4 is 20.1 Å². The van der Waals surface area contributed by atoms with Crippen LogP contribution in [0.15, 0.2) is 28.6 Å². The number of nitrogens with one attached hydrogen (secondary N) is 2. The molecule has 2 aromatic rings. The number of aromatic nitrogens is 1. The number of thiazole rings is 1. The maximum Gasteiger partial charge on any atom is 0.195 e. The third kappa shape index (κ3) is 5.35. The zero-order chi connectivity index (χ0) is 18.2.